The zero-order valence-electron chi connectivity index (χ0n) is 9.90. The molecule has 1 unspecified atom stereocenters. The molecule has 2 amide bonds. The molecule has 18 heavy (non-hydrogen) atoms. The number of aliphatic carboxylic acids is 1. The number of carbonyl (C=O) groups excluding carboxylic acids is 1. The first-order valence-electron chi connectivity index (χ1n) is 5.45. The van der Waals surface area contributed by atoms with Crippen molar-refractivity contribution in [1.29, 1.82) is 0 Å². The van der Waals surface area contributed by atoms with Crippen LogP contribution < -0.4 is 10.6 Å². The number of nitrogens with one attached hydrogen (secondary N) is 2. The molecule has 1 rings (SSSR count). The molecule has 1 aromatic rings. The number of urea groups is 1. The fraction of sp³-hybridized carbons (Fsp3) is 0.455. The van der Waals surface area contributed by atoms with Crippen LogP contribution >= 0.6 is 27.3 Å². The number of halogens is 1. The van der Waals surface area contributed by atoms with E-state index >= 15 is 0 Å². The second kappa shape index (κ2) is 7.38. The average molecular weight is 335 g/mol. The van der Waals surface area contributed by atoms with Crippen molar-refractivity contribution in [3.63, 3.8) is 0 Å². The SMILES string of the molecule is CC(CNC(=O)NCc1ccc(Br)s1)CC(=O)O. The van der Waals surface area contributed by atoms with Crippen LogP contribution in [0.3, 0.4) is 0 Å². The first kappa shape index (κ1) is 15.0. The predicted molar refractivity (Wildman–Crippen MR) is 73.7 cm³/mol. The summed E-state index contributed by atoms with van der Waals surface area (Å²) in [5.41, 5.74) is 0. The largest absolute Gasteiger partial charge is 0.481 e. The number of rotatable bonds is 6. The Morgan fingerprint density at radius 2 is 2.17 bits per heavy atom. The number of carboxylic acids is 1. The van der Waals surface area contributed by atoms with Gasteiger partial charge in [0.2, 0.25) is 0 Å². The minimum absolute atomic E-state index is 0.0537. The molecule has 5 nitrogen and oxygen atoms in total. The third kappa shape index (κ3) is 6.02. The average Bonchev–Trinajstić information content (AvgIpc) is 2.69. The third-order valence-electron chi connectivity index (χ3n) is 2.19. The molecular formula is C11H15BrN2O3S. The maximum atomic E-state index is 11.4. The summed E-state index contributed by atoms with van der Waals surface area (Å²) in [6.45, 7) is 2.60. The summed E-state index contributed by atoms with van der Waals surface area (Å²) in [5.74, 6) is -0.933. The van der Waals surface area contributed by atoms with Crippen molar-refractivity contribution in [3.8, 4) is 0 Å². The Kier molecular flexibility index (Phi) is 6.14. The van der Waals surface area contributed by atoms with Crippen LogP contribution in [0, 0.1) is 5.92 Å². The van der Waals surface area contributed by atoms with Crippen LogP contribution in [0.2, 0.25) is 0 Å². The fourth-order valence-electron chi connectivity index (χ4n) is 1.31. The van der Waals surface area contributed by atoms with Crippen LogP contribution in [0.25, 0.3) is 0 Å². The van der Waals surface area contributed by atoms with Gasteiger partial charge in [-0.25, -0.2) is 4.79 Å². The highest BCUT2D eigenvalue weighted by Crippen LogP contribution is 2.21. The van der Waals surface area contributed by atoms with Gasteiger partial charge in [-0.2, -0.15) is 0 Å². The van der Waals surface area contributed by atoms with Crippen molar-refractivity contribution in [3.05, 3.63) is 20.8 Å². The zero-order chi connectivity index (χ0) is 13.5. The summed E-state index contributed by atoms with van der Waals surface area (Å²) in [5, 5.41) is 13.9. The van der Waals surface area contributed by atoms with Crippen LogP contribution in [0.1, 0.15) is 18.2 Å². The maximum absolute atomic E-state index is 11.4. The van der Waals surface area contributed by atoms with Crippen molar-refractivity contribution in [2.75, 3.05) is 6.54 Å². The number of hydrogen-bond acceptors (Lipinski definition) is 3. The van der Waals surface area contributed by atoms with Gasteiger partial charge in [-0.3, -0.25) is 4.79 Å². The Bertz CT molecular complexity index is 422. The third-order valence-corrected chi connectivity index (χ3v) is 3.81. The molecule has 100 valence electrons. The summed E-state index contributed by atoms with van der Waals surface area (Å²) >= 11 is 4.91. The van der Waals surface area contributed by atoms with Gasteiger partial charge in [-0.1, -0.05) is 6.92 Å². The Morgan fingerprint density at radius 3 is 2.72 bits per heavy atom. The summed E-state index contributed by atoms with van der Waals surface area (Å²) in [4.78, 5) is 22.9. The molecule has 3 N–H and O–H groups in total. The smallest absolute Gasteiger partial charge is 0.315 e. The maximum Gasteiger partial charge on any atom is 0.315 e. The standard InChI is InChI=1S/C11H15BrN2O3S/c1-7(4-10(15)16)5-13-11(17)14-6-8-2-3-9(12)18-8/h2-3,7H,4-6H2,1H3,(H,15,16)(H2,13,14,17). The number of carbonyl (C=O) groups is 2. The van der Waals surface area contributed by atoms with Crippen LogP contribution in [0.5, 0.6) is 0 Å². The van der Waals surface area contributed by atoms with Gasteiger partial charge in [0.1, 0.15) is 0 Å². The lowest BCUT2D eigenvalue weighted by Crippen LogP contribution is -2.37. The monoisotopic (exact) mass is 334 g/mol. The van der Waals surface area contributed by atoms with Gasteiger partial charge < -0.3 is 15.7 Å². The molecule has 0 bridgehead atoms. The number of thiophene rings is 1. The van der Waals surface area contributed by atoms with E-state index in [2.05, 4.69) is 26.6 Å². The predicted octanol–water partition coefficient (Wildman–Crippen LogP) is 2.42. The van der Waals surface area contributed by atoms with Gasteiger partial charge in [-0.15, -0.1) is 11.3 Å². The van der Waals surface area contributed by atoms with E-state index < -0.39 is 5.97 Å². The molecule has 0 spiro atoms. The van der Waals surface area contributed by atoms with E-state index in [1.807, 2.05) is 12.1 Å². The first-order valence-corrected chi connectivity index (χ1v) is 7.06. The van der Waals surface area contributed by atoms with Gasteiger partial charge in [0, 0.05) is 17.8 Å². The molecule has 0 radical (unpaired) electrons. The molecule has 0 saturated carbocycles. The normalized spacial score (nSPS) is 11.9. The van der Waals surface area contributed by atoms with Crippen molar-refractivity contribution in [1.82, 2.24) is 10.6 Å². The quantitative estimate of drug-likeness (QED) is 0.747. The van der Waals surface area contributed by atoms with Gasteiger partial charge >= 0.3 is 12.0 Å². The summed E-state index contributed by atoms with van der Waals surface area (Å²) < 4.78 is 1.02. The van der Waals surface area contributed by atoms with Crippen LogP contribution in [0.4, 0.5) is 4.79 Å². The molecular weight excluding hydrogens is 320 g/mol. The van der Waals surface area contributed by atoms with Crippen molar-refractivity contribution in [2.24, 2.45) is 5.92 Å². The molecule has 1 atom stereocenters. The van der Waals surface area contributed by atoms with E-state index in [-0.39, 0.29) is 18.4 Å². The summed E-state index contributed by atoms with van der Waals surface area (Å²) in [6, 6.07) is 3.58. The zero-order valence-corrected chi connectivity index (χ0v) is 12.3. The Balaban J connectivity index is 2.19. The Labute approximate surface area is 118 Å². The molecule has 0 saturated heterocycles. The summed E-state index contributed by atoms with van der Waals surface area (Å²) in [7, 11) is 0. The number of carboxylic acid groups (broad SMARTS) is 1. The molecule has 0 aromatic carbocycles. The van der Waals surface area contributed by atoms with E-state index in [0.29, 0.717) is 13.1 Å². The van der Waals surface area contributed by atoms with Gasteiger partial charge in [0.15, 0.2) is 0 Å². The molecule has 0 fully saturated rings. The first-order chi connectivity index (χ1) is 8.47. The highest BCUT2D eigenvalue weighted by molar-refractivity contribution is 9.11. The molecule has 0 aliphatic heterocycles. The van der Waals surface area contributed by atoms with Gasteiger partial charge in [0.25, 0.3) is 0 Å². The van der Waals surface area contributed by atoms with Gasteiger partial charge in [-0.05, 0) is 34.0 Å². The molecule has 7 heteroatoms. The molecule has 1 heterocycles. The minimum atomic E-state index is -0.854. The lowest BCUT2D eigenvalue weighted by Gasteiger charge is -2.10. The highest BCUT2D eigenvalue weighted by Gasteiger charge is 2.09. The van der Waals surface area contributed by atoms with Crippen molar-refractivity contribution < 1.29 is 14.7 Å². The van der Waals surface area contributed by atoms with E-state index in [9.17, 15) is 9.59 Å². The second-order valence-electron chi connectivity index (χ2n) is 3.97. The lowest BCUT2D eigenvalue weighted by atomic mass is 10.1. The lowest BCUT2D eigenvalue weighted by molar-refractivity contribution is -0.137. The molecule has 0 aliphatic carbocycles. The van der Waals surface area contributed by atoms with E-state index in [0.717, 1.165) is 8.66 Å². The number of hydrogen-bond donors (Lipinski definition) is 3. The van der Waals surface area contributed by atoms with Crippen LogP contribution in [-0.2, 0) is 11.3 Å². The highest BCUT2D eigenvalue weighted by atomic mass is 79.9. The topological polar surface area (TPSA) is 78.4 Å². The van der Waals surface area contributed by atoms with Crippen molar-refractivity contribution in [2.45, 2.75) is 19.9 Å². The Hall–Kier alpha value is -1.08. The van der Waals surface area contributed by atoms with E-state index in [1.165, 1.54) is 0 Å². The molecule has 1 aromatic heterocycles. The van der Waals surface area contributed by atoms with Gasteiger partial charge in [0.05, 0.1) is 10.3 Å². The molecule has 0 aliphatic rings. The fourth-order valence-corrected chi connectivity index (χ4v) is 2.74. The minimum Gasteiger partial charge on any atom is -0.481 e. The second-order valence-corrected chi connectivity index (χ2v) is 6.52. The van der Waals surface area contributed by atoms with Crippen molar-refractivity contribution >= 4 is 39.3 Å². The van der Waals surface area contributed by atoms with E-state index in [1.54, 1.807) is 18.3 Å². The summed E-state index contributed by atoms with van der Waals surface area (Å²) in [6.07, 6.45) is 0.0537. The van der Waals surface area contributed by atoms with Crippen LogP contribution in [-0.4, -0.2) is 23.7 Å². The number of amides is 2. The van der Waals surface area contributed by atoms with E-state index in [4.69, 9.17) is 5.11 Å². The van der Waals surface area contributed by atoms with Crippen LogP contribution in [0.15, 0.2) is 15.9 Å². The Morgan fingerprint density at radius 1 is 1.44 bits per heavy atom.